The zero-order valence-electron chi connectivity index (χ0n) is 13.0. The molecule has 3 atom stereocenters. The number of fused-ring (bicyclic) bond motifs is 1. The molecule has 124 valence electrons. The van der Waals surface area contributed by atoms with E-state index in [2.05, 4.69) is 15.9 Å². The van der Waals surface area contributed by atoms with E-state index in [-0.39, 0.29) is 18.2 Å². The summed E-state index contributed by atoms with van der Waals surface area (Å²) in [7, 11) is 1.58. The molecule has 23 heavy (non-hydrogen) atoms. The fraction of sp³-hybridized carbons (Fsp3) is 0.529. The van der Waals surface area contributed by atoms with Crippen LogP contribution in [0.3, 0.4) is 0 Å². The molecule has 3 unspecified atom stereocenters. The van der Waals surface area contributed by atoms with Gasteiger partial charge in [-0.15, -0.1) is 0 Å². The number of aliphatic carboxylic acids is 1. The highest BCUT2D eigenvalue weighted by Gasteiger charge is 2.49. The van der Waals surface area contributed by atoms with E-state index < -0.39 is 12.0 Å². The number of hydrogen-bond acceptors (Lipinski definition) is 3. The van der Waals surface area contributed by atoms with Crippen LogP contribution in [0.2, 0.25) is 0 Å². The van der Waals surface area contributed by atoms with Crippen molar-refractivity contribution in [3.63, 3.8) is 0 Å². The van der Waals surface area contributed by atoms with E-state index in [0.29, 0.717) is 18.2 Å². The lowest BCUT2D eigenvalue weighted by Gasteiger charge is -2.24. The fourth-order valence-electron chi connectivity index (χ4n) is 3.96. The highest BCUT2D eigenvalue weighted by atomic mass is 79.9. The Morgan fingerprint density at radius 3 is 2.87 bits per heavy atom. The Morgan fingerprint density at radius 1 is 1.39 bits per heavy atom. The molecule has 0 spiro atoms. The third-order valence-electron chi connectivity index (χ3n) is 5.06. The first kappa shape index (κ1) is 16.3. The highest BCUT2D eigenvalue weighted by molar-refractivity contribution is 9.10. The van der Waals surface area contributed by atoms with Crippen LogP contribution in [0.15, 0.2) is 22.7 Å². The monoisotopic (exact) mass is 381 g/mol. The van der Waals surface area contributed by atoms with Gasteiger partial charge in [0.1, 0.15) is 11.8 Å². The second-order valence-corrected chi connectivity index (χ2v) is 7.17. The topological polar surface area (TPSA) is 66.8 Å². The lowest BCUT2D eigenvalue weighted by Crippen LogP contribution is -2.44. The molecule has 1 N–H and O–H groups in total. The van der Waals surface area contributed by atoms with Gasteiger partial charge < -0.3 is 14.7 Å². The van der Waals surface area contributed by atoms with E-state index in [9.17, 15) is 14.7 Å². The van der Waals surface area contributed by atoms with Crippen molar-refractivity contribution < 1.29 is 19.4 Å². The summed E-state index contributed by atoms with van der Waals surface area (Å²) in [4.78, 5) is 25.9. The van der Waals surface area contributed by atoms with Crippen LogP contribution in [0, 0.1) is 11.8 Å². The molecule has 1 saturated carbocycles. The summed E-state index contributed by atoms with van der Waals surface area (Å²) in [5.74, 6) is 0.140. The van der Waals surface area contributed by atoms with E-state index in [0.717, 1.165) is 29.3 Å². The quantitative estimate of drug-likeness (QED) is 0.870. The zero-order valence-corrected chi connectivity index (χ0v) is 14.6. The molecule has 1 aliphatic carbocycles. The van der Waals surface area contributed by atoms with Gasteiger partial charge in [-0.05, 0) is 48.4 Å². The first-order valence-electron chi connectivity index (χ1n) is 7.86. The van der Waals surface area contributed by atoms with Crippen molar-refractivity contribution in [1.82, 2.24) is 4.90 Å². The zero-order chi connectivity index (χ0) is 16.6. The molecule has 3 rings (SSSR count). The molecule has 2 aliphatic rings. The van der Waals surface area contributed by atoms with Gasteiger partial charge in [-0.2, -0.15) is 0 Å². The maximum Gasteiger partial charge on any atom is 0.326 e. The Balaban J connectivity index is 1.79. The van der Waals surface area contributed by atoms with Gasteiger partial charge in [0.05, 0.1) is 13.5 Å². The molecule has 1 aromatic rings. The largest absolute Gasteiger partial charge is 0.497 e. The Morgan fingerprint density at radius 2 is 2.17 bits per heavy atom. The van der Waals surface area contributed by atoms with Crippen molar-refractivity contribution in [2.24, 2.45) is 11.8 Å². The number of carbonyl (C=O) groups is 2. The number of benzene rings is 1. The molecule has 1 aromatic carbocycles. The number of amides is 1. The van der Waals surface area contributed by atoms with Crippen molar-refractivity contribution in [1.29, 1.82) is 0 Å². The van der Waals surface area contributed by atoms with Crippen molar-refractivity contribution in [3.8, 4) is 5.75 Å². The Hall–Kier alpha value is -1.56. The van der Waals surface area contributed by atoms with Crippen LogP contribution in [-0.2, 0) is 16.0 Å². The van der Waals surface area contributed by atoms with Crippen molar-refractivity contribution in [2.45, 2.75) is 31.7 Å². The molecule has 0 radical (unpaired) electrons. The van der Waals surface area contributed by atoms with Crippen LogP contribution in [0.4, 0.5) is 0 Å². The SMILES string of the molecule is COc1ccc(Br)c(CC(=O)N2CC3CCCC3C2C(=O)O)c1. The third-order valence-corrected chi connectivity index (χ3v) is 5.83. The lowest BCUT2D eigenvalue weighted by molar-refractivity contribution is -0.149. The average molecular weight is 382 g/mol. The predicted octanol–water partition coefficient (Wildman–Crippen LogP) is 2.71. The van der Waals surface area contributed by atoms with Gasteiger partial charge in [-0.25, -0.2) is 4.79 Å². The molecule has 1 amide bonds. The summed E-state index contributed by atoms with van der Waals surface area (Å²) in [6.07, 6.45) is 3.19. The molecular weight excluding hydrogens is 362 g/mol. The normalized spacial score (nSPS) is 26.2. The van der Waals surface area contributed by atoms with Gasteiger partial charge in [0, 0.05) is 11.0 Å². The van der Waals surface area contributed by atoms with E-state index in [1.165, 1.54) is 0 Å². The Labute approximate surface area is 143 Å². The summed E-state index contributed by atoms with van der Waals surface area (Å²) >= 11 is 3.45. The number of carboxylic acid groups (broad SMARTS) is 1. The third kappa shape index (κ3) is 3.09. The molecule has 6 heteroatoms. The van der Waals surface area contributed by atoms with Crippen LogP contribution < -0.4 is 4.74 Å². The van der Waals surface area contributed by atoms with Crippen LogP contribution >= 0.6 is 15.9 Å². The summed E-state index contributed by atoms with van der Waals surface area (Å²) < 4.78 is 6.03. The molecule has 2 fully saturated rings. The summed E-state index contributed by atoms with van der Waals surface area (Å²) in [5, 5.41) is 9.56. The van der Waals surface area contributed by atoms with Gasteiger partial charge in [0.25, 0.3) is 0 Å². The molecule has 5 nitrogen and oxygen atoms in total. The number of nitrogens with zero attached hydrogens (tertiary/aromatic N) is 1. The number of likely N-dealkylation sites (tertiary alicyclic amines) is 1. The fourth-order valence-corrected chi connectivity index (χ4v) is 4.34. The second-order valence-electron chi connectivity index (χ2n) is 6.32. The van der Waals surface area contributed by atoms with Crippen LogP contribution in [0.25, 0.3) is 0 Å². The molecule has 1 heterocycles. The predicted molar refractivity (Wildman–Crippen MR) is 88.4 cm³/mol. The van der Waals surface area contributed by atoms with Crippen molar-refractivity contribution in [2.75, 3.05) is 13.7 Å². The Kier molecular flexibility index (Phi) is 4.62. The van der Waals surface area contributed by atoms with Crippen LogP contribution in [-0.4, -0.2) is 41.6 Å². The number of hydrogen-bond donors (Lipinski definition) is 1. The molecule has 0 bridgehead atoms. The van der Waals surface area contributed by atoms with E-state index >= 15 is 0 Å². The van der Waals surface area contributed by atoms with Crippen molar-refractivity contribution >= 4 is 27.8 Å². The standard InChI is InChI=1S/C17H20BrNO4/c1-23-12-5-6-14(18)11(7-12)8-15(20)19-9-10-3-2-4-13(10)16(19)17(21)22/h5-7,10,13,16H,2-4,8-9H2,1H3,(H,21,22). The minimum Gasteiger partial charge on any atom is -0.497 e. The van der Waals surface area contributed by atoms with Crippen LogP contribution in [0.5, 0.6) is 5.75 Å². The number of halogens is 1. The summed E-state index contributed by atoms with van der Waals surface area (Å²) in [5.41, 5.74) is 0.815. The molecule has 1 saturated heterocycles. The van der Waals surface area contributed by atoms with Gasteiger partial charge in [-0.1, -0.05) is 22.4 Å². The van der Waals surface area contributed by atoms with E-state index in [1.54, 1.807) is 12.0 Å². The highest BCUT2D eigenvalue weighted by Crippen LogP contribution is 2.42. The lowest BCUT2D eigenvalue weighted by atomic mass is 9.94. The van der Waals surface area contributed by atoms with E-state index in [1.807, 2.05) is 18.2 Å². The number of methoxy groups -OCH3 is 1. The number of rotatable bonds is 4. The van der Waals surface area contributed by atoms with E-state index in [4.69, 9.17) is 4.74 Å². The molecular formula is C17H20BrNO4. The number of ether oxygens (including phenoxy) is 1. The number of carbonyl (C=O) groups excluding carboxylic acids is 1. The Bertz CT molecular complexity index is 633. The van der Waals surface area contributed by atoms with Crippen LogP contribution in [0.1, 0.15) is 24.8 Å². The van der Waals surface area contributed by atoms with Gasteiger partial charge in [0.15, 0.2) is 0 Å². The van der Waals surface area contributed by atoms with Gasteiger partial charge in [0.2, 0.25) is 5.91 Å². The molecule has 1 aliphatic heterocycles. The first-order valence-corrected chi connectivity index (χ1v) is 8.65. The maximum atomic E-state index is 12.7. The summed E-state index contributed by atoms with van der Waals surface area (Å²) in [6, 6.07) is 4.81. The minimum absolute atomic E-state index is 0.116. The maximum absolute atomic E-state index is 12.7. The smallest absolute Gasteiger partial charge is 0.326 e. The van der Waals surface area contributed by atoms with Crippen molar-refractivity contribution in [3.05, 3.63) is 28.2 Å². The van der Waals surface area contributed by atoms with Gasteiger partial charge >= 0.3 is 5.97 Å². The second kappa shape index (κ2) is 6.51. The first-order chi connectivity index (χ1) is 11.0. The molecule has 0 aromatic heterocycles. The minimum atomic E-state index is -0.877. The summed E-state index contributed by atoms with van der Waals surface area (Å²) in [6.45, 7) is 0.571. The van der Waals surface area contributed by atoms with Gasteiger partial charge in [-0.3, -0.25) is 4.79 Å². The average Bonchev–Trinajstić information content (AvgIpc) is 3.09. The number of carboxylic acids is 1.